The van der Waals surface area contributed by atoms with Gasteiger partial charge in [-0.3, -0.25) is 24.4 Å². The summed E-state index contributed by atoms with van der Waals surface area (Å²) in [4.78, 5) is 42.9. The van der Waals surface area contributed by atoms with Gasteiger partial charge in [0.25, 0.3) is 15.9 Å². The maximum atomic E-state index is 13.0. The second-order valence-electron chi connectivity index (χ2n) is 7.21. The number of azo groups is 1. The van der Waals surface area contributed by atoms with Crippen LogP contribution in [0.3, 0.4) is 0 Å². The number of nitrogens with one attached hydrogen (secondary N) is 1. The molecule has 0 atom stereocenters. The minimum absolute atomic E-state index is 0.121. The third-order valence-electron chi connectivity index (χ3n) is 4.82. The monoisotopic (exact) mass is 482 g/mol. The van der Waals surface area contributed by atoms with E-state index in [9.17, 15) is 22.8 Å². The number of nitrogens with zero attached hydrogens (tertiary/aromatic N) is 7. The van der Waals surface area contributed by atoms with Crippen LogP contribution in [0.25, 0.3) is 0 Å². The van der Waals surface area contributed by atoms with E-state index in [0.29, 0.717) is 5.69 Å². The van der Waals surface area contributed by atoms with Crippen molar-refractivity contribution in [2.45, 2.75) is 11.8 Å². The Balaban J connectivity index is 1.71. The zero-order valence-corrected chi connectivity index (χ0v) is 19.0. The van der Waals surface area contributed by atoms with Crippen molar-refractivity contribution in [2.75, 3.05) is 23.9 Å². The van der Waals surface area contributed by atoms with Crippen LogP contribution in [0.2, 0.25) is 0 Å². The number of pyridine rings is 1. The van der Waals surface area contributed by atoms with Crippen LogP contribution in [-0.4, -0.2) is 55.1 Å². The number of hydrogen-bond donors (Lipinski definition) is 1. The lowest BCUT2D eigenvalue weighted by Crippen LogP contribution is -2.41. The molecular formula is C20H18N8O5S. The number of amides is 3. The Morgan fingerprint density at radius 1 is 1.03 bits per heavy atom. The highest BCUT2D eigenvalue weighted by molar-refractivity contribution is 7.90. The van der Waals surface area contributed by atoms with Crippen LogP contribution in [0.15, 0.2) is 63.9 Å². The second-order valence-corrected chi connectivity index (χ2v) is 8.89. The summed E-state index contributed by atoms with van der Waals surface area (Å²) in [6.45, 7) is 1.09. The Hall–Kier alpha value is -4.46. The normalized spacial score (nSPS) is 13.4. The van der Waals surface area contributed by atoms with Gasteiger partial charge in [0, 0.05) is 33.4 Å². The molecule has 2 aromatic heterocycles. The molecule has 0 radical (unpaired) electrons. The molecule has 1 aliphatic rings. The van der Waals surface area contributed by atoms with Gasteiger partial charge in [-0.25, -0.2) is 17.9 Å². The van der Waals surface area contributed by atoms with Crippen LogP contribution in [0, 0.1) is 0 Å². The quantitative estimate of drug-likeness (QED) is 0.546. The van der Waals surface area contributed by atoms with Crippen LogP contribution in [-0.2, 0) is 14.8 Å². The molecule has 1 N–H and O–H groups in total. The molecule has 0 unspecified atom stereocenters. The lowest BCUT2D eigenvalue weighted by atomic mass is 10.2. The summed E-state index contributed by atoms with van der Waals surface area (Å²) in [5, 5.41) is 12.6. The Morgan fingerprint density at radius 3 is 2.35 bits per heavy atom. The maximum Gasteiger partial charge on any atom is 0.330 e. The summed E-state index contributed by atoms with van der Waals surface area (Å²) in [7, 11) is -1.02. The number of urea groups is 1. The fourth-order valence-electron chi connectivity index (χ4n) is 3.21. The maximum absolute atomic E-state index is 13.0. The molecule has 0 spiro atoms. The predicted octanol–water partition coefficient (Wildman–Crippen LogP) is 2.21. The summed E-state index contributed by atoms with van der Waals surface area (Å²) >= 11 is 0. The first kappa shape index (κ1) is 22.7. The van der Waals surface area contributed by atoms with Crippen LogP contribution >= 0.6 is 0 Å². The topological polar surface area (TPSA) is 159 Å². The molecule has 174 valence electrons. The van der Waals surface area contributed by atoms with Gasteiger partial charge in [0.05, 0.1) is 16.1 Å². The second kappa shape index (κ2) is 8.47. The number of anilines is 2. The van der Waals surface area contributed by atoms with Crippen molar-refractivity contribution < 1.29 is 22.8 Å². The van der Waals surface area contributed by atoms with Gasteiger partial charge in [-0.15, -0.1) is 10.2 Å². The van der Waals surface area contributed by atoms with Crippen molar-refractivity contribution in [1.82, 2.24) is 19.5 Å². The Morgan fingerprint density at radius 2 is 1.74 bits per heavy atom. The van der Waals surface area contributed by atoms with Crippen LogP contribution in [0.4, 0.5) is 27.8 Å². The van der Waals surface area contributed by atoms with Gasteiger partial charge in [0.1, 0.15) is 0 Å². The number of carbonyl (C=O) groups excluding carboxylic acids is 3. The van der Waals surface area contributed by atoms with E-state index < -0.39 is 27.9 Å². The molecule has 3 heterocycles. The number of rotatable bonds is 5. The van der Waals surface area contributed by atoms with Gasteiger partial charge in [-0.05, 0) is 36.4 Å². The molecule has 13 nitrogen and oxygen atoms in total. The highest BCUT2D eigenvalue weighted by Gasteiger charge is 2.37. The molecule has 0 saturated carbocycles. The van der Waals surface area contributed by atoms with Gasteiger partial charge in [0.2, 0.25) is 5.91 Å². The molecule has 1 aliphatic heterocycles. The average Bonchev–Trinajstić information content (AvgIpc) is 3.15. The van der Waals surface area contributed by atoms with Crippen molar-refractivity contribution >= 4 is 50.9 Å². The van der Waals surface area contributed by atoms with Crippen LogP contribution in [0.5, 0.6) is 0 Å². The number of carbonyl (C=O) groups is 3. The number of hydrogen-bond acceptors (Lipinski definition) is 9. The minimum atomic E-state index is -3.98. The predicted molar refractivity (Wildman–Crippen MR) is 120 cm³/mol. The summed E-state index contributed by atoms with van der Waals surface area (Å²) in [5.41, 5.74) is 0.738. The van der Waals surface area contributed by atoms with Crippen LogP contribution in [0.1, 0.15) is 17.3 Å². The smallest absolute Gasteiger partial charge is 0.279 e. The SMILES string of the molecule is CC(=O)NS(=O)(=O)c1ccc(N=Nc2c3nn(C(=O)c4cccnc4)c2N(C)C(=O)N3C)cc1. The zero-order valence-electron chi connectivity index (χ0n) is 18.2. The minimum Gasteiger partial charge on any atom is -0.279 e. The van der Waals surface area contributed by atoms with Gasteiger partial charge in [-0.2, -0.15) is 9.80 Å². The lowest BCUT2D eigenvalue weighted by Gasteiger charge is -2.26. The highest BCUT2D eigenvalue weighted by Crippen LogP contribution is 2.43. The Bertz CT molecular complexity index is 1430. The molecule has 1 aromatic carbocycles. The number of benzene rings is 1. The molecule has 3 amide bonds. The molecule has 14 heteroatoms. The van der Waals surface area contributed by atoms with E-state index in [4.69, 9.17) is 0 Å². The summed E-state index contributed by atoms with van der Waals surface area (Å²) < 4.78 is 27.1. The van der Waals surface area contributed by atoms with Crippen molar-refractivity contribution in [2.24, 2.45) is 10.2 Å². The van der Waals surface area contributed by atoms with E-state index in [1.807, 2.05) is 4.72 Å². The summed E-state index contributed by atoms with van der Waals surface area (Å²) in [6, 6.07) is 8.09. The molecule has 4 rings (SSSR count). The fourth-order valence-corrected chi connectivity index (χ4v) is 4.20. The first-order valence-electron chi connectivity index (χ1n) is 9.74. The number of fused-ring (bicyclic) bond motifs is 2. The van der Waals surface area contributed by atoms with E-state index in [2.05, 4.69) is 20.3 Å². The van der Waals surface area contributed by atoms with Crippen molar-refractivity contribution in [3.8, 4) is 0 Å². The summed E-state index contributed by atoms with van der Waals surface area (Å²) in [6.07, 6.45) is 2.91. The van der Waals surface area contributed by atoms with E-state index in [-0.39, 0.29) is 27.8 Å². The largest absolute Gasteiger partial charge is 0.330 e. The molecular weight excluding hydrogens is 464 g/mol. The molecule has 0 aliphatic carbocycles. The fraction of sp³-hybridized carbons (Fsp3) is 0.150. The summed E-state index contributed by atoms with van der Waals surface area (Å²) in [5.74, 6) is -0.961. The average molecular weight is 482 g/mol. The van der Waals surface area contributed by atoms with E-state index >= 15 is 0 Å². The van der Waals surface area contributed by atoms with E-state index in [1.165, 1.54) is 60.6 Å². The zero-order chi connectivity index (χ0) is 24.6. The first-order chi connectivity index (χ1) is 16.1. The van der Waals surface area contributed by atoms with E-state index in [0.717, 1.165) is 11.6 Å². The first-order valence-corrected chi connectivity index (χ1v) is 11.2. The number of sulfonamides is 1. The van der Waals surface area contributed by atoms with Crippen molar-refractivity contribution in [3.05, 3.63) is 54.4 Å². The Kier molecular flexibility index (Phi) is 5.66. The molecule has 2 bridgehead atoms. The van der Waals surface area contributed by atoms with Crippen molar-refractivity contribution in [3.63, 3.8) is 0 Å². The molecule has 3 aromatic rings. The highest BCUT2D eigenvalue weighted by atomic mass is 32.2. The lowest BCUT2D eigenvalue weighted by molar-refractivity contribution is -0.117. The van der Waals surface area contributed by atoms with Gasteiger partial charge < -0.3 is 0 Å². The van der Waals surface area contributed by atoms with Gasteiger partial charge in [0.15, 0.2) is 17.3 Å². The van der Waals surface area contributed by atoms with Crippen molar-refractivity contribution in [1.29, 1.82) is 0 Å². The molecule has 0 fully saturated rings. The Labute approximate surface area is 193 Å². The van der Waals surface area contributed by atoms with Crippen LogP contribution < -0.4 is 14.5 Å². The molecule has 34 heavy (non-hydrogen) atoms. The third kappa shape index (κ3) is 4.01. The third-order valence-corrected chi connectivity index (χ3v) is 6.27. The molecule has 0 saturated heterocycles. The van der Waals surface area contributed by atoms with Gasteiger partial charge >= 0.3 is 6.03 Å². The van der Waals surface area contributed by atoms with E-state index in [1.54, 1.807) is 12.1 Å². The van der Waals surface area contributed by atoms with Gasteiger partial charge in [-0.1, -0.05) is 0 Å². The number of aromatic nitrogens is 3. The standard InChI is InChI=1S/C20H18N8O5S/c1-12(29)25-34(32,33)15-8-6-14(7-9-15)22-23-16-17-24-28(18(16)27(3)20(31)26(17)2)19(30)13-5-4-10-21-11-13/h4-11H,1-3H3,(H,25,29).